The summed E-state index contributed by atoms with van der Waals surface area (Å²) in [6, 6.07) is 4.75. The summed E-state index contributed by atoms with van der Waals surface area (Å²) in [4.78, 5) is 27.4. The Morgan fingerprint density at radius 3 is 2.51 bits per heavy atom. The summed E-state index contributed by atoms with van der Waals surface area (Å²) in [6.45, 7) is 8.27. The Kier molecular flexibility index (Phi) is 8.66. The molecule has 0 aliphatic carbocycles. The Morgan fingerprint density at radius 1 is 1.20 bits per heavy atom. The van der Waals surface area contributed by atoms with Crippen LogP contribution in [-0.2, 0) is 20.0 Å². The van der Waals surface area contributed by atoms with Crippen molar-refractivity contribution in [3.63, 3.8) is 0 Å². The predicted molar refractivity (Wildman–Crippen MR) is 151 cm³/mol. The molecule has 41 heavy (non-hydrogen) atoms. The van der Waals surface area contributed by atoms with Crippen LogP contribution in [0.3, 0.4) is 0 Å². The van der Waals surface area contributed by atoms with Crippen molar-refractivity contribution in [3.8, 4) is 0 Å². The first kappa shape index (κ1) is 30.7. The smallest absolute Gasteiger partial charge is 0.410 e. The lowest BCUT2D eigenvalue weighted by atomic mass is 10.00. The van der Waals surface area contributed by atoms with Crippen molar-refractivity contribution >= 4 is 35.4 Å². The molecule has 9 nitrogen and oxygen atoms in total. The number of aryl methyl sites for hydroxylation is 1. The molecule has 0 saturated carbocycles. The molecule has 3 heterocycles. The molecule has 0 bridgehead atoms. The molecule has 3 aromatic rings. The van der Waals surface area contributed by atoms with Gasteiger partial charge in [0, 0.05) is 43.5 Å². The van der Waals surface area contributed by atoms with Gasteiger partial charge in [0.1, 0.15) is 42.2 Å². The van der Waals surface area contributed by atoms with E-state index in [1.54, 1.807) is 45.6 Å². The van der Waals surface area contributed by atoms with Crippen molar-refractivity contribution in [3.05, 3.63) is 53.2 Å². The number of hydrogen-bond donors (Lipinski definition) is 1. The summed E-state index contributed by atoms with van der Waals surface area (Å²) >= 11 is 0. The molecule has 0 spiro atoms. The van der Waals surface area contributed by atoms with E-state index < -0.39 is 48.8 Å². The zero-order valence-corrected chi connectivity index (χ0v) is 24.9. The van der Waals surface area contributed by atoms with Crippen LogP contribution in [0.4, 0.5) is 23.8 Å². The van der Waals surface area contributed by atoms with Gasteiger partial charge in [-0.1, -0.05) is 12.1 Å². The van der Waals surface area contributed by atoms with Crippen LogP contribution in [0.2, 0.25) is 0 Å². The van der Waals surface area contributed by atoms with Crippen molar-refractivity contribution in [2.45, 2.75) is 52.2 Å². The average molecular weight is 594 g/mol. The number of halogens is 3. The number of carbonyl (C=O) groups excluding carboxylic acids is 1. The second-order valence-electron chi connectivity index (χ2n) is 11.2. The van der Waals surface area contributed by atoms with E-state index in [4.69, 9.17) is 4.74 Å². The third kappa shape index (κ3) is 6.81. The molecule has 13 heteroatoms. The van der Waals surface area contributed by atoms with Crippen LogP contribution in [-0.4, -0.2) is 70.7 Å². The van der Waals surface area contributed by atoms with E-state index in [0.29, 0.717) is 28.0 Å². The minimum Gasteiger partial charge on any atom is -0.444 e. The van der Waals surface area contributed by atoms with Crippen molar-refractivity contribution in [1.29, 1.82) is 0 Å². The number of anilines is 1. The van der Waals surface area contributed by atoms with Crippen LogP contribution in [0.5, 0.6) is 0 Å². The summed E-state index contributed by atoms with van der Waals surface area (Å²) in [5.41, 5.74) is -0.498. The monoisotopic (exact) mass is 593 g/mol. The molecule has 1 atom stereocenters. The van der Waals surface area contributed by atoms with Crippen molar-refractivity contribution < 1.29 is 32.0 Å². The van der Waals surface area contributed by atoms with Crippen LogP contribution in [0.25, 0.3) is 10.9 Å². The first-order valence-electron chi connectivity index (χ1n) is 13.3. The minimum absolute atomic E-state index is 0.0271. The number of carbonyl (C=O) groups is 1. The van der Waals surface area contributed by atoms with Gasteiger partial charge in [-0.25, -0.2) is 19.2 Å². The van der Waals surface area contributed by atoms with Crippen LogP contribution in [0.1, 0.15) is 50.7 Å². The molecule has 1 aliphatic heterocycles. The van der Waals surface area contributed by atoms with Gasteiger partial charge in [0.05, 0.1) is 23.3 Å². The van der Waals surface area contributed by atoms with Crippen molar-refractivity contribution in [1.82, 2.24) is 19.9 Å². The van der Waals surface area contributed by atoms with E-state index in [9.17, 15) is 18.1 Å². The molecular formula is C28H35F3N5O4P. The molecule has 4 rings (SSSR count). The highest BCUT2D eigenvalue weighted by atomic mass is 31.2. The maximum atomic E-state index is 15.3. The summed E-state index contributed by atoms with van der Waals surface area (Å²) in [5, 5.41) is 3.64. The highest BCUT2D eigenvalue weighted by Crippen LogP contribution is 2.46. The Bertz CT molecular complexity index is 1490. The van der Waals surface area contributed by atoms with E-state index >= 15 is 4.39 Å². The molecule has 1 amide bonds. The number of benzene rings is 1. The van der Waals surface area contributed by atoms with Gasteiger partial charge in [0.15, 0.2) is 0 Å². The SMILES string of the molecule is COCC(F)(F)c1cccc([C@@H](C)Nc2nc(C)nc3cnc(P4(=O)CCN(C(=O)OC(C)(C)C)CC4)cc23)c1F. The molecule has 1 aliphatic rings. The van der Waals surface area contributed by atoms with Crippen molar-refractivity contribution in [2.24, 2.45) is 0 Å². The fraction of sp³-hybridized carbons (Fsp3) is 0.500. The number of alkyl halides is 2. The highest BCUT2D eigenvalue weighted by molar-refractivity contribution is 7.71. The first-order chi connectivity index (χ1) is 19.1. The number of methoxy groups -OCH3 is 1. The number of pyridine rings is 1. The van der Waals surface area contributed by atoms with Crippen LogP contribution in [0.15, 0.2) is 30.5 Å². The Balaban J connectivity index is 1.61. The number of hydrogen-bond acceptors (Lipinski definition) is 8. The van der Waals surface area contributed by atoms with Gasteiger partial charge in [-0.15, -0.1) is 0 Å². The second kappa shape index (κ2) is 11.6. The molecule has 1 aromatic carbocycles. The van der Waals surface area contributed by atoms with E-state index in [1.807, 2.05) is 0 Å². The largest absolute Gasteiger partial charge is 0.444 e. The number of amides is 1. The third-order valence-electron chi connectivity index (χ3n) is 6.78. The van der Waals surface area contributed by atoms with Gasteiger partial charge < -0.3 is 24.3 Å². The zero-order chi connectivity index (χ0) is 30.2. The molecular weight excluding hydrogens is 558 g/mol. The standard InChI is InChI=1S/C28H35F3N5O4P/c1-17(19-8-7-9-21(24(19)29)28(30,31)16-39-6)33-25-20-14-23(32-15-22(20)34-18(2)35-25)41(38)12-10-36(11-13-41)26(37)40-27(3,4)5/h7-9,14-15,17H,10-13,16H2,1-6H3,(H,33,34,35)/t17-/m1/s1. The molecule has 1 fully saturated rings. The fourth-order valence-electron chi connectivity index (χ4n) is 4.70. The summed E-state index contributed by atoms with van der Waals surface area (Å²) in [6.07, 6.45) is 1.55. The number of aromatic nitrogens is 3. The molecule has 2 aromatic heterocycles. The van der Waals surface area contributed by atoms with Gasteiger partial charge in [0.2, 0.25) is 0 Å². The molecule has 1 N–H and O–H groups in total. The Hall–Kier alpha value is -3.24. The van der Waals surface area contributed by atoms with E-state index in [1.165, 1.54) is 18.3 Å². The fourth-order valence-corrected chi connectivity index (χ4v) is 7.15. The number of nitrogens with one attached hydrogen (secondary N) is 1. The van der Waals surface area contributed by atoms with Gasteiger partial charge in [-0.2, -0.15) is 8.78 Å². The van der Waals surface area contributed by atoms with Crippen LogP contribution < -0.4 is 10.8 Å². The molecule has 0 radical (unpaired) electrons. The van der Waals surface area contributed by atoms with Gasteiger partial charge in [0.25, 0.3) is 5.92 Å². The minimum atomic E-state index is -3.50. The Morgan fingerprint density at radius 2 is 1.88 bits per heavy atom. The number of nitrogens with zero attached hydrogens (tertiary/aromatic N) is 4. The molecule has 1 saturated heterocycles. The van der Waals surface area contributed by atoms with E-state index in [0.717, 1.165) is 13.2 Å². The summed E-state index contributed by atoms with van der Waals surface area (Å²) in [5.74, 6) is -3.79. The third-order valence-corrected chi connectivity index (χ3v) is 9.70. The molecule has 222 valence electrons. The maximum absolute atomic E-state index is 15.3. The second-order valence-corrected chi connectivity index (χ2v) is 14.3. The topological polar surface area (TPSA) is 107 Å². The predicted octanol–water partition coefficient (Wildman–Crippen LogP) is 5.62. The first-order valence-corrected chi connectivity index (χ1v) is 15.3. The lowest BCUT2D eigenvalue weighted by molar-refractivity contribution is -0.0722. The van der Waals surface area contributed by atoms with Gasteiger partial charge >= 0.3 is 6.09 Å². The lowest BCUT2D eigenvalue weighted by Gasteiger charge is -2.33. The average Bonchev–Trinajstić information content (AvgIpc) is 2.87. The van der Waals surface area contributed by atoms with Crippen LogP contribution in [0, 0.1) is 12.7 Å². The van der Waals surface area contributed by atoms with E-state index in [2.05, 4.69) is 25.0 Å². The quantitative estimate of drug-likeness (QED) is 0.352. The number of rotatable bonds is 7. The normalized spacial score (nSPS) is 16.5. The Labute approximate surface area is 237 Å². The maximum Gasteiger partial charge on any atom is 0.410 e. The number of ether oxygens (including phenoxy) is 2. The van der Waals surface area contributed by atoms with Gasteiger partial charge in [-0.3, -0.25) is 4.98 Å². The van der Waals surface area contributed by atoms with Gasteiger partial charge in [-0.05, 0) is 46.8 Å². The lowest BCUT2D eigenvalue weighted by Crippen LogP contribution is -2.43. The van der Waals surface area contributed by atoms with Crippen LogP contribution >= 0.6 is 7.14 Å². The molecule has 0 unspecified atom stereocenters. The zero-order valence-electron chi connectivity index (χ0n) is 24.0. The highest BCUT2D eigenvalue weighted by Gasteiger charge is 2.37. The van der Waals surface area contributed by atoms with Crippen molar-refractivity contribution in [2.75, 3.05) is 44.4 Å². The van der Waals surface area contributed by atoms with E-state index in [-0.39, 0.29) is 31.0 Å². The summed E-state index contributed by atoms with van der Waals surface area (Å²) in [7, 11) is -1.83. The summed E-state index contributed by atoms with van der Waals surface area (Å²) < 4.78 is 68.2. The number of fused-ring (bicyclic) bond motifs is 1.